The molecule has 0 fully saturated rings. The van der Waals surface area contributed by atoms with Gasteiger partial charge >= 0.3 is 0 Å². The van der Waals surface area contributed by atoms with Crippen LogP contribution in [0.1, 0.15) is 44.4 Å². The quantitative estimate of drug-likeness (QED) is 0.893. The van der Waals surface area contributed by atoms with Crippen molar-refractivity contribution in [2.24, 2.45) is 0 Å². The number of methoxy groups -OCH3 is 1. The van der Waals surface area contributed by atoms with Crippen LogP contribution in [0.15, 0.2) is 22.9 Å². The van der Waals surface area contributed by atoms with Crippen molar-refractivity contribution in [3.63, 3.8) is 0 Å². The van der Waals surface area contributed by atoms with Crippen molar-refractivity contribution in [2.45, 2.75) is 32.7 Å². The summed E-state index contributed by atoms with van der Waals surface area (Å²) in [7, 11) is 1.59. The fourth-order valence-electron chi connectivity index (χ4n) is 1.56. The second-order valence-corrected chi connectivity index (χ2v) is 4.60. The van der Waals surface area contributed by atoms with E-state index in [1.54, 1.807) is 19.4 Å². The number of nitrogens with zero attached hydrogens (tertiary/aromatic N) is 3. The maximum absolute atomic E-state index is 5.24. The van der Waals surface area contributed by atoms with E-state index in [1.165, 1.54) is 0 Å². The number of pyridine rings is 1. The highest BCUT2D eigenvalue weighted by Gasteiger charge is 2.15. The highest BCUT2D eigenvalue weighted by Crippen LogP contribution is 2.20. The summed E-state index contributed by atoms with van der Waals surface area (Å²) >= 11 is 0. The molecule has 102 valence electrons. The summed E-state index contributed by atoms with van der Waals surface area (Å²) in [6.07, 6.45) is 1.70. The van der Waals surface area contributed by atoms with E-state index in [9.17, 15) is 0 Å². The molecule has 2 rings (SSSR count). The first kappa shape index (κ1) is 13.3. The molecule has 0 spiro atoms. The third-order valence-electron chi connectivity index (χ3n) is 2.67. The first-order valence-corrected chi connectivity index (χ1v) is 6.20. The molecule has 0 saturated carbocycles. The second kappa shape index (κ2) is 5.69. The third-order valence-corrected chi connectivity index (χ3v) is 2.67. The maximum atomic E-state index is 5.24. The average Bonchev–Trinajstić information content (AvgIpc) is 2.89. The van der Waals surface area contributed by atoms with Crippen LogP contribution in [-0.4, -0.2) is 22.2 Å². The fraction of sp³-hybridized carbons (Fsp3) is 0.462. The third kappa shape index (κ3) is 3.21. The van der Waals surface area contributed by atoms with Gasteiger partial charge in [0.2, 0.25) is 11.8 Å². The normalized spacial score (nSPS) is 12.5. The molecule has 0 radical (unpaired) electrons. The Hall–Kier alpha value is -2.11. The summed E-state index contributed by atoms with van der Waals surface area (Å²) in [4.78, 5) is 8.48. The van der Waals surface area contributed by atoms with Gasteiger partial charge in [-0.2, -0.15) is 4.98 Å². The number of anilines is 1. The van der Waals surface area contributed by atoms with E-state index in [4.69, 9.17) is 9.26 Å². The van der Waals surface area contributed by atoms with E-state index in [-0.39, 0.29) is 12.0 Å². The molecule has 2 heterocycles. The lowest BCUT2D eigenvalue weighted by molar-refractivity contribution is 0.361. The van der Waals surface area contributed by atoms with E-state index in [0.29, 0.717) is 11.8 Å². The van der Waals surface area contributed by atoms with Crippen molar-refractivity contribution in [3.8, 4) is 5.88 Å². The van der Waals surface area contributed by atoms with Gasteiger partial charge in [-0.25, -0.2) is 4.98 Å². The summed E-state index contributed by atoms with van der Waals surface area (Å²) in [6.45, 7) is 6.02. The number of aromatic nitrogens is 3. The molecular weight excluding hydrogens is 244 g/mol. The van der Waals surface area contributed by atoms with Crippen LogP contribution in [0.2, 0.25) is 0 Å². The summed E-state index contributed by atoms with van der Waals surface area (Å²) in [5.74, 6) is 2.13. The summed E-state index contributed by atoms with van der Waals surface area (Å²) in [6, 6.07) is 3.61. The van der Waals surface area contributed by atoms with E-state index in [2.05, 4.69) is 20.4 Å². The van der Waals surface area contributed by atoms with Crippen LogP contribution in [0, 0.1) is 0 Å². The standard InChI is InChI=1S/C13H18N4O2/c1-8(2)12-16-13(19-17-12)9(3)15-10-5-6-11(18-4)14-7-10/h5-9,15H,1-4H3/t9-/m0/s1. The second-order valence-electron chi connectivity index (χ2n) is 4.60. The van der Waals surface area contributed by atoms with Crippen molar-refractivity contribution in [1.82, 2.24) is 15.1 Å². The lowest BCUT2D eigenvalue weighted by Crippen LogP contribution is -2.07. The molecule has 0 aliphatic rings. The number of rotatable bonds is 5. The molecule has 0 bridgehead atoms. The summed E-state index contributed by atoms with van der Waals surface area (Å²) in [5, 5.41) is 7.19. The lowest BCUT2D eigenvalue weighted by Gasteiger charge is -2.10. The molecule has 0 aliphatic carbocycles. The molecule has 1 atom stereocenters. The zero-order valence-electron chi connectivity index (χ0n) is 11.5. The minimum Gasteiger partial charge on any atom is -0.481 e. The van der Waals surface area contributed by atoms with Gasteiger partial charge in [0, 0.05) is 12.0 Å². The van der Waals surface area contributed by atoms with Crippen molar-refractivity contribution in [2.75, 3.05) is 12.4 Å². The van der Waals surface area contributed by atoms with Crippen molar-refractivity contribution < 1.29 is 9.26 Å². The number of nitrogens with one attached hydrogen (secondary N) is 1. The highest BCUT2D eigenvalue weighted by molar-refractivity contribution is 5.43. The smallest absolute Gasteiger partial charge is 0.248 e. The van der Waals surface area contributed by atoms with Gasteiger partial charge in [-0.15, -0.1) is 0 Å². The van der Waals surface area contributed by atoms with Crippen molar-refractivity contribution in [3.05, 3.63) is 30.0 Å². The van der Waals surface area contributed by atoms with Crippen LogP contribution in [0.5, 0.6) is 5.88 Å². The lowest BCUT2D eigenvalue weighted by atomic mass is 10.2. The Balaban J connectivity index is 2.04. The SMILES string of the molecule is COc1ccc(N[C@@H](C)c2nc(C(C)C)no2)cn1. The van der Waals surface area contributed by atoms with Crippen LogP contribution in [0.25, 0.3) is 0 Å². The molecule has 2 aromatic rings. The Morgan fingerprint density at radius 1 is 1.26 bits per heavy atom. The number of hydrogen-bond donors (Lipinski definition) is 1. The molecule has 1 N–H and O–H groups in total. The summed E-state index contributed by atoms with van der Waals surface area (Å²) < 4.78 is 10.2. The Morgan fingerprint density at radius 3 is 2.58 bits per heavy atom. The zero-order chi connectivity index (χ0) is 13.8. The maximum Gasteiger partial charge on any atom is 0.248 e. The molecule has 0 amide bonds. The zero-order valence-corrected chi connectivity index (χ0v) is 11.5. The first-order valence-electron chi connectivity index (χ1n) is 6.20. The topological polar surface area (TPSA) is 73.1 Å². The minimum atomic E-state index is -0.0739. The minimum absolute atomic E-state index is 0.0739. The van der Waals surface area contributed by atoms with E-state index in [1.807, 2.05) is 26.8 Å². The molecule has 6 heteroatoms. The molecule has 0 aromatic carbocycles. The Bertz CT molecular complexity index is 522. The van der Waals surface area contributed by atoms with Gasteiger partial charge in [0.15, 0.2) is 5.82 Å². The van der Waals surface area contributed by atoms with Gasteiger partial charge in [0.1, 0.15) is 6.04 Å². The van der Waals surface area contributed by atoms with Crippen LogP contribution in [0.3, 0.4) is 0 Å². The van der Waals surface area contributed by atoms with Crippen LogP contribution >= 0.6 is 0 Å². The van der Waals surface area contributed by atoms with Gasteiger partial charge in [-0.3, -0.25) is 0 Å². The number of hydrogen-bond acceptors (Lipinski definition) is 6. The predicted octanol–water partition coefficient (Wildman–Crippen LogP) is 2.77. The van der Waals surface area contributed by atoms with E-state index < -0.39 is 0 Å². The fourth-order valence-corrected chi connectivity index (χ4v) is 1.56. The summed E-state index contributed by atoms with van der Waals surface area (Å²) in [5.41, 5.74) is 0.873. The molecule has 0 unspecified atom stereocenters. The molecular formula is C13H18N4O2. The Kier molecular flexibility index (Phi) is 3.99. The van der Waals surface area contributed by atoms with E-state index in [0.717, 1.165) is 11.5 Å². The highest BCUT2D eigenvalue weighted by atomic mass is 16.5. The van der Waals surface area contributed by atoms with Gasteiger partial charge in [0.05, 0.1) is 19.0 Å². The monoisotopic (exact) mass is 262 g/mol. The molecule has 2 aromatic heterocycles. The van der Waals surface area contributed by atoms with E-state index >= 15 is 0 Å². The van der Waals surface area contributed by atoms with Gasteiger partial charge in [0.25, 0.3) is 0 Å². The average molecular weight is 262 g/mol. The molecule has 0 aliphatic heterocycles. The number of ether oxygens (including phenoxy) is 1. The van der Waals surface area contributed by atoms with Crippen LogP contribution in [0.4, 0.5) is 5.69 Å². The van der Waals surface area contributed by atoms with Crippen molar-refractivity contribution in [1.29, 1.82) is 0 Å². The van der Waals surface area contributed by atoms with Gasteiger partial charge < -0.3 is 14.6 Å². The first-order chi connectivity index (χ1) is 9.10. The van der Waals surface area contributed by atoms with Gasteiger partial charge in [-0.1, -0.05) is 19.0 Å². The predicted molar refractivity (Wildman–Crippen MR) is 71.2 cm³/mol. The van der Waals surface area contributed by atoms with Crippen molar-refractivity contribution >= 4 is 5.69 Å². The molecule has 19 heavy (non-hydrogen) atoms. The largest absolute Gasteiger partial charge is 0.481 e. The Morgan fingerprint density at radius 2 is 2.05 bits per heavy atom. The molecule has 0 saturated heterocycles. The van der Waals surface area contributed by atoms with Gasteiger partial charge in [-0.05, 0) is 13.0 Å². The Labute approximate surface area is 112 Å². The van der Waals surface area contributed by atoms with Crippen LogP contribution in [-0.2, 0) is 0 Å². The molecule has 6 nitrogen and oxygen atoms in total. The van der Waals surface area contributed by atoms with Crippen LogP contribution < -0.4 is 10.1 Å².